The fraction of sp³-hybridized carbons (Fsp3) is 0.348. The first-order chi connectivity index (χ1) is 15.0. The highest BCUT2D eigenvalue weighted by molar-refractivity contribution is 6.07. The van der Waals surface area contributed by atoms with Crippen LogP contribution in [0.25, 0.3) is 0 Å². The maximum atomic E-state index is 13.2. The number of hydrogen-bond donors (Lipinski definition) is 1. The Labute approximate surface area is 181 Å². The molecule has 8 heteroatoms. The topological polar surface area (TPSA) is 93.0 Å². The molecule has 0 aliphatic carbocycles. The lowest BCUT2D eigenvalue weighted by molar-refractivity contribution is 0.0952. The van der Waals surface area contributed by atoms with Gasteiger partial charge in [0.1, 0.15) is 12.0 Å². The third-order valence-corrected chi connectivity index (χ3v) is 5.35. The second-order valence-corrected chi connectivity index (χ2v) is 7.89. The normalized spacial score (nSPS) is 15.2. The summed E-state index contributed by atoms with van der Waals surface area (Å²) in [6.45, 7) is 7.09. The van der Waals surface area contributed by atoms with Gasteiger partial charge in [-0.15, -0.1) is 0 Å². The van der Waals surface area contributed by atoms with E-state index in [1.54, 1.807) is 46.4 Å². The van der Waals surface area contributed by atoms with Gasteiger partial charge in [-0.2, -0.15) is 5.10 Å². The van der Waals surface area contributed by atoms with Gasteiger partial charge in [-0.05, 0) is 56.2 Å². The van der Waals surface area contributed by atoms with Crippen molar-refractivity contribution in [3.63, 3.8) is 0 Å². The maximum Gasteiger partial charge on any atom is 0.276 e. The molecule has 8 nitrogen and oxygen atoms in total. The summed E-state index contributed by atoms with van der Waals surface area (Å²) in [5, 5.41) is 7.54. The summed E-state index contributed by atoms with van der Waals surface area (Å²) in [5.41, 5.74) is 2.57. The van der Waals surface area contributed by atoms with Crippen molar-refractivity contribution >= 4 is 17.5 Å². The van der Waals surface area contributed by atoms with Gasteiger partial charge in [-0.25, -0.2) is 4.98 Å². The van der Waals surface area contributed by atoms with Crippen LogP contribution in [-0.4, -0.2) is 44.7 Å². The van der Waals surface area contributed by atoms with Crippen molar-refractivity contribution in [3.8, 4) is 0 Å². The fourth-order valence-electron chi connectivity index (χ4n) is 3.68. The van der Waals surface area contributed by atoms with Gasteiger partial charge in [0.2, 0.25) is 0 Å². The van der Waals surface area contributed by atoms with E-state index >= 15 is 0 Å². The quantitative estimate of drug-likeness (QED) is 0.664. The highest BCUT2D eigenvalue weighted by Crippen LogP contribution is 2.40. The third kappa shape index (κ3) is 4.05. The molecule has 2 aromatic heterocycles. The molecule has 160 valence electrons. The van der Waals surface area contributed by atoms with E-state index in [0.717, 1.165) is 17.7 Å². The average Bonchev–Trinajstić information content (AvgIpc) is 3.42. The van der Waals surface area contributed by atoms with Crippen LogP contribution in [0.1, 0.15) is 71.4 Å². The Kier molecular flexibility index (Phi) is 5.79. The van der Waals surface area contributed by atoms with E-state index in [1.165, 1.54) is 0 Å². The molecule has 1 aliphatic rings. The molecular weight excluding hydrogens is 392 g/mol. The summed E-state index contributed by atoms with van der Waals surface area (Å²) >= 11 is 0. The summed E-state index contributed by atoms with van der Waals surface area (Å²) < 4.78 is 1.80. The molecule has 4 rings (SSSR count). The third-order valence-electron chi connectivity index (χ3n) is 5.35. The predicted octanol–water partition coefficient (Wildman–Crippen LogP) is 3.19. The number of nitrogens with zero attached hydrogens (tertiary/aromatic N) is 5. The molecule has 0 saturated heterocycles. The number of anilines is 1. The van der Waals surface area contributed by atoms with Gasteiger partial charge >= 0.3 is 0 Å². The molecule has 0 saturated carbocycles. The molecule has 0 spiro atoms. The molecule has 0 bridgehead atoms. The monoisotopic (exact) mass is 418 g/mol. The fourth-order valence-corrected chi connectivity index (χ4v) is 3.68. The molecule has 3 heterocycles. The van der Waals surface area contributed by atoms with Gasteiger partial charge in [-0.3, -0.25) is 19.3 Å². The van der Waals surface area contributed by atoms with Gasteiger partial charge in [-0.1, -0.05) is 13.0 Å². The number of amides is 2. The van der Waals surface area contributed by atoms with Crippen molar-refractivity contribution in [2.45, 2.75) is 39.2 Å². The minimum Gasteiger partial charge on any atom is -0.352 e. The van der Waals surface area contributed by atoms with E-state index in [9.17, 15) is 9.59 Å². The van der Waals surface area contributed by atoms with Gasteiger partial charge in [0.15, 0.2) is 5.82 Å². The van der Waals surface area contributed by atoms with E-state index in [1.807, 2.05) is 32.9 Å². The van der Waals surface area contributed by atoms with Crippen LogP contribution >= 0.6 is 0 Å². The number of rotatable bonds is 6. The molecule has 0 unspecified atom stereocenters. The molecule has 2 amide bonds. The number of benzene rings is 1. The minimum atomic E-state index is -0.221. The summed E-state index contributed by atoms with van der Waals surface area (Å²) in [5.74, 6) is 0.105. The van der Waals surface area contributed by atoms with Gasteiger partial charge < -0.3 is 10.2 Å². The number of hydrogen-bond acceptors (Lipinski definition) is 5. The largest absolute Gasteiger partial charge is 0.352 e. The van der Waals surface area contributed by atoms with Gasteiger partial charge in [0.25, 0.3) is 11.8 Å². The molecule has 1 N–H and O–H groups in total. The zero-order valence-corrected chi connectivity index (χ0v) is 17.9. The van der Waals surface area contributed by atoms with E-state index in [4.69, 9.17) is 0 Å². The van der Waals surface area contributed by atoms with Gasteiger partial charge in [0, 0.05) is 36.6 Å². The summed E-state index contributed by atoms with van der Waals surface area (Å²) in [6, 6.07) is 10.9. The Morgan fingerprint density at radius 2 is 2.03 bits per heavy atom. The lowest BCUT2D eigenvalue weighted by atomic mass is 9.98. The first-order valence-corrected chi connectivity index (χ1v) is 10.6. The lowest BCUT2D eigenvalue weighted by Crippen LogP contribution is -2.30. The smallest absolute Gasteiger partial charge is 0.276 e. The van der Waals surface area contributed by atoms with Crippen LogP contribution in [0.3, 0.4) is 0 Å². The minimum absolute atomic E-state index is 0.126. The van der Waals surface area contributed by atoms with Crippen LogP contribution in [0.4, 0.5) is 5.69 Å². The molecule has 1 atom stereocenters. The first kappa shape index (κ1) is 20.7. The second-order valence-electron chi connectivity index (χ2n) is 7.89. The first-order valence-electron chi connectivity index (χ1n) is 10.6. The average molecular weight is 419 g/mol. The maximum absolute atomic E-state index is 13.2. The Morgan fingerprint density at radius 1 is 1.19 bits per heavy atom. The Morgan fingerprint density at radius 3 is 2.71 bits per heavy atom. The highest BCUT2D eigenvalue weighted by atomic mass is 16.2. The number of fused-ring (bicyclic) bond motifs is 1. The van der Waals surface area contributed by atoms with Crippen LogP contribution in [0.15, 0.2) is 48.9 Å². The molecule has 1 aromatic carbocycles. The van der Waals surface area contributed by atoms with E-state index in [0.29, 0.717) is 30.2 Å². The van der Waals surface area contributed by atoms with Crippen molar-refractivity contribution in [1.29, 1.82) is 0 Å². The molecular formula is C23H26N6O2. The lowest BCUT2D eigenvalue weighted by Gasteiger charge is -2.17. The van der Waals surface area contributed by atoms with Crippen LogP contribution in [0, 0.1) is 0 Å². The summed E-state index contributed by atoms with van der Waals surface area (Å²) in [4.78, 5) is 36.2. The van der Waals surface area contributed by atoms with Crippen molar-refractivity contribution in [3.05, 3.63) is 71.6 Å². The van der Waals surface area contributed by atoms with Crippen molar-refractivity contribution < 1.29 is 9.59 Å². The molecule has 0 radical (unpaired) electrons. The molecule has 1 aliphatic heterocycles. The van der Waals surface area contributed by atoms with Crippen LogP contribution in [0.5, 0.6) is 0 Å². The highest BCUT2D eigenvalue weighted by Gasteiger charge is 2.36. The SMILES string of the molecule is CCCNC(=O)c1ccc2c(c1)[C@H](c1ncn(C(C)C)n1)CN2C(=O)c1ccccn1. The Bertz CT molecular complexity index is 1090. The summed E-state index contributed by atoms with van der Waals surface area (Å²) in [6.07, 6.45) is 4.18. The molecule has 0 fully saturated rings. The van der Waals surface area contributed by atoms with Crippen LogP contribution < -0.4 is 10.2 Å². The summed E-state index contributed by atoms with van der Waals surface area (Å²) in [7, 11) is 0. The number of carbonyl (C=O) groups excluding carboxylic acids is 2. The van der Waals surface area contributed by atoms with E-state index < -0.39 is 0 Å². The predicted molar refractivity (Wildman–Crippen MR) is 117 cm³/mol. The van der Waals surface area contributed by atoms with Gasteiger partial charge in [0.05, 0.1) is 5.92 Å². The number of carbonyl (C=O) groups is 2. The zero-order valence-electron chi connectivity index (χ0n) is 17.9. The number of pyridine rings is 1. The standard InChI is InChI=1S/C23H26N6O2/c1-4-10-25-22(30)16-8-9-20-17(12-16)18(21-26-14-29(27-21)15(2)3)13-28(20)23(31)19-7-5-6-11-24-19/h5-9,11-12,14-15,18H,4,10,13H2,1-3H3,(H,25,30)/t18-/m1/s1. The number of nitrogens with one attached hydrogen (secondary N) is 1. The second kappa shape index (κ2) is 8.67. The van der Waals surface area contributed by atoms with Crippen molar-refractivity contribution in [2.24, 2.45) is 0 Å². The zero-order chi connectivity index (χ0) is 22.0. The molecule has 3 aromatic rings. The van der Waals surface area contributed by atoms with Crippen LogP contribution in [-0.2, 0) is 0 Å². The Balaban J connectivity index is 1.73. The van der Waals surface area contributed by atoms with Crippen LogP contribution in [0.2, 0.25) is 0 Å². The van der Waals surface area contributed by atoms with E-state index in [2.05, 4.69) is 20.4 Å². The Hall–Kier alpha value is -3.55. The molecule has 31 heavy (non-hydrogen) atoms. The number of aromatic nitrogens is 4. The van der Waals surface area contributed by atoms with E-state index in [-0.39, 0.29) is 23.8 Å². The van der Waals surface area contributed by atoms with Crippen molar-refractivity contribution in [1.82, 2.24) is 25.1 Å². The van der Waals surface area contributed by atoms with Crippen molar-refractivity contribution in [2.75, 3.05) is 18.0 Å².